The first-order valence-electron chi connectivity index (χ1n) is 9.65. The molecule has 1 unspecified atom stereocenters. The molecule has 1 N–H and O–H groups in total. The number of likely N-dealkylation sites (tertiary alicyclic amines) is 1. The molecule has 2 aliphatic heterocycles. The van der Waals surface area contributed by atoms with Gasteiger partial charge in [-0.1, -0.05) is 41.9 Å². The van der Waals surface area contributed by atoms with Crippen LogP contribution < -0.4 is 5.32 Å². The van der Waals surface area contributed by atoms with Crippen LogP contribution in [-0.4, -0.2) is 41.6 Å². The molecule has 8 heteroatoms. The quantitative estimate of drug-likeness (QED) is 0.745. The first kappa shape index (κ1) is 20.5. The van der Waals surface area contributed by atoms with Crippen molar-refractivity contribution in [2.45, 2.75) is 31.1 Å². The van der Waals surface area contributed by atoms with Crippen molar-refractivity contribution in [2.24, 2.45) is 0 Å². The van der Waals surface area contributed by atoms with E-state index >= 15 is 0 Å². The fourth-order valence-corrected chi connectivity index (χ4v) is 4.28. The monoisotopic (exact) mass is 432 g/mol. The van der Waals surface area contributed by atoms with Gasteiger partial charge in [0.15, 0.2) is 0 Å². The number of piperidine rings is 1. The smallest absolute Gasteiger partial charge is 0.267 e. The van der Waals surface area contributed by atoms with Gasteiger partial charge in [0.05, 0.1) is 17.5 Å². The molecule has 0 radical (unpaired) electrons. The van der Waals surface area contributed by atoms with Crippen molar-refractivity contribution in [3.05, 3.63) is 58.6 Å². The van der Waals surface area contributed by atoms with Gasteiger partial charge in [0.25, 0.3) is 11.8 Å². The third kappa shape index (κ3) is 3.94. The molecular formula is C22H19ClF2N2O3. The highest BCUT2D eigenvalue weighted by molar-refractivity contribution is 6.34. The number of benzene rings is 2. The fraction of sp³-hybridized carbons (Fsp3) is 0.318. The van der Waals surface area contributed by atoms with Crippen LogP contribution in [0.1, 0.15) is 41.1 Å². The molecule has 3 amide bonds. The molecule has 0 aromatic heterocycles. The molecule has 156 valence electrons. The molecule has 4 rings (SSSR count). The highest BCUT2D eigenvalue weighted by atomic mass is 35.5. The Morgan fingerprint density at radius 1 is 1.13 bits per heavy atom. The molecule has 0 spiro atoms. The van der Waals surface area contributed by atoms with Crippen molar-refractivity contribution in [2.75, 3.05) is 13.1 Å². The predicted octanol–water partition coefficient (Wildman–Crippen LogP) is 4.01. The van der Waals surface area contributed by atoms with Crippen molar-refractivity contribution in [1.82, 2.24) is 10.2 Å². The third-order valence-corrected chi connectivity index (χ3v) is 5.96. The number of nitrogens with zero attached hydrogens (tertiary/aromatic N) is 1. The van der Waals surface area contributed by atoms with Gasteiger partial charge in [0, 0.05) is 30.5 Å². The normalized spacial score (nSPS) is 20.9. The Bertz CT molecular complexity index is 1020. The van der Waals surface area contributed by atoms with E-state index in [9.17, 15) is 23.2 Å². The summed E-state index contributed by atoms with van der Waals surface area (Å²) in [4.78, 5) is 37.2. The lowest BCUT2D eigenvalue weighted by Gasteiger charge is -2.23. The number of alkyl halides is 2. The fourth-order valence-electron chi connectivity index (χ4n) is 3.92. The minimum absolute atomic E-state index is 0.0351. The zero-order chi connectivity index (χ0) is 21.5. The van der Waals surface area contributed by atoms with E-state index in [1.165, 1.54) is 0 Å². The summed E-state index contributed by atoms with van der Waals surface area (Å²) < 4.78 is 26.8. The van der Waals surface area contributed by atoms with Gasteiger partial charge in [0.1, 0.15) is 0 Å². The highest BCUT2D eigenvalue weighted by Gasteiger charge is 2.40. The number of carbonyl (C=O) groups is 3. The molecule has 5 nitrogen and oxygen atoms in total. The number of rotatable bonds is 3. The zero-order valence-corrected chi connectivity index (χ0v) is 16.7. The van der Waals surface area contributed by atoms with Crippen LogP contribution in [0.5, 0.6) is 0 Å². The van der Waals surface area contributed by atoms with E-state index in [-0.39, 0.29) is 31.2 Å². The Morgan fingerprint density at radius 3 is 2.50 bits per heavy atom. The number of halogens is 3. The van der Waals surface area contributed by atoms with Crippen molar-refractivity contribution < 1.29 is 23.2 Å². The molecule has 2 aliphatic rings. The van der Waals surface area contributed by atoms with Crippen LogP contribution in [0.15, 0.2) is 42.5 Å². The van der Waals surface area contributed by atoms with E-state index in [0.29, 0.717) is 28.1 Å². The maximum atomic E-state index is 13.4. The van der Waals surface area contributed by atoms with Crippen LogP contribution in [0.25, 0.3) is 11.1 Å². The number of amides is 3. The summed E-state index contributed by atoms with van der Waals surface area (Å²) >= 11 is 6.59. The van der Waals surface area contributed by atoms with Gasteiger partial charge in [-0.05, 0) is 29.7 Å². The molecule has 0 bridgehead atoms. The molecule has 0 saturated carbocycles. The molecule has 2 aromatic carbocycles. The topological polar surface area (TPSA) is 66.5 Å². The number of nitrogens with one attached hydrogen (secondary N) is 1. The van der Waals surface area contributed by atoms with Crippen molar-refractivity contribution >= 4 is 29.3 Å². The second-order valence-electron chi connectivity index (χ2n) is 7.62. The summed E-state index contributed by atoms with van der Waals surface area (Å²) in [6, 6.07) is 11.9. The Balaban J connectivity index is 1.57. The van der Waals surface area contributed by atoms with Gasteiger partial charge in [-0.3, -0.25) is 19.7 Å². The summed E-state index contributed by atoms with van der Waals surface area (Å²) in [6.07, 6.45) is 0.324. The summed E-state index contributed by atoms with van der Waals surface area (Å²) in [5, 5.41) is 2.74. The van der Waals surface area contributed by atoms with Crippen molar-refractivity contribution in [3.8, 4) is 11.1 Å². The lowest BCUT2D eigenvalue weighted by molar-refractivity contribution is -0.134. The van der Waals surface area contributed by atoms with E-state index in [1.807, 2.05) is 0 Å². The van der Waals surface area contributed by atoms with Gasteiger partial charge in [0.2, 0.25) is 11.8 Å². The second kappa shape index (κ2) is 7.80. The summed E-state index contributed by atoms with van der Waals surface area (Å²) in [6.45, 7) is -0.527. The Labute approximate surface area is 177 Å². The zero-order valence-electron chi connectivity index (χ0n) is 16.0. The van der Waals surface area contributed by atoms with Gasteiger partial charge in [-0.25, -0.2) is 8.78 Å². The van der Waals surface area contributed by atoms with Crippen LogP contribution in [0.2, 0.25) is 5.02 Å². The van der Waals surface area contributed by atoms with E-state index in [4.69, 9.17) is 11.6 Å². The van der Waals surface area contributed by atoms with Gasteiger partial charge in [-0.2, -0.15) is 0 Å². The molecule has 1 atom stereocenters. The first-order valence-corrected chi connectivity index (χ1v) is 10.0. The molecule has 2 heterocycles. The lowest BCUT2D eigenvalue weighted by Crippen LogP contribution is -2.39. The Hall–Kier alpha value is -2.80. The van der Waals surface area contributed by atoms with Gasteiger partial charge in [-0.15, -0.1) is 0 Å². The molecule has 30 heavy (non-hydrogen) atoms. The Kier molecular flexibility index (Phi) is 5.32. The highest BCUT2D eigenvalue weighted by Crippen LogP contribution is 2.37. The number of hydrogen-bond donors (Lipinski definition) is 1. The minimum Gasteiger partial charge on any atom is -0.332 e. The second-order valence-corrected chi connectivity index (χ2v) is 8.00. The average molecular weight is 433 g/mol. The van der Waals surface area contributed by atoms with E-state index in [1.54, 1.807) is 42.5 Å². The summed E-state index contributed by atoms with van der Waals surface area (Å²) in [7, 11) is 0. The standard InChI is InChI=1S/C22H19ClF2N2O3/c23-19-15(2-1-3-16(19)17-8-9-18(28)26-20(17)29)13-4-6-14(7-5-13)21(30)27-11-10-22(24,25)12-27/h1-7,17H,8-12H2,(H,26,28,29). The summed E-state index contributed by atoms with van der Waals surface area (Å²) in [5.41, 5.74) is 2.38. The molecule has 2 aromatic rings. The molecule has 0 aliphatic carbocycles. The Morgan fingerprint density at radius 2 is 1.87 bits per heavy atom. The van der Waals surface area contributed by atoms with Crippen LogP contribution in [-0.2, 0) is 9.59 Å². The van der Waals surface area contributed by atoms with E-state index < -0.39 is 24.3 Å². The average Bonchev–Trinajstić information content (AvgIpc) is 3.08. The lowest BCUT2D eigenvalue weighted by atomic mass is 9.88. The maximum Gasteiger partial charge on any atom is 0.267 e. The largest absolute Gasteiger partial charge is 0.332 e. The van der Waals surface area contributed by atoms with Gasteiger partial charge < -0.3 is 4.90 Å². The van der Waals surface area contributed by atoms with E-state index in [0.717, 1.165) is 10.5 Å². The van der Waals surface area contributed by atoms with Crippen molar-refractivity contribution in [1.29, 1.82) is 0 Å². The van der Waals surface area contributed by atoms with Crippen LogP contribution in [0, 0.1) is 0 Å². The van der Waals surface area contributed by atoms with Crippen LogP contribution in [0.3, 0.4) is 0 Å². The third-order valence-electron chi connectivity index (χ3n) is 5.54. The summed E-state index contributed by atoms with van der Waals surface area (Å²) in [5.74, 6) is -4.43. The van der Waals surface area contributed by atoms with Crippen molar-refractivity contribution in [3.63, 3.8) is 0 Å². The predicted molar refractivity (Wildman–Crippen MR) is 107 cm³/mol. The molecule has 2 saturated heterocycles. The van der Waals surface area contributed by atoms with Crippen LogP contribution in [0.4, 0.5) is 8.78 Å². The first-order chi connectivity index (χ1) is 14.2. The molecule has 2 fully saturated rings. The maximum absolute atomic E-state index is 13.4. The molecular weight excluding hydrogens is 414 g/mol. The number of hydrogen-bond acceptors (Lipinski definition) is 3. The number of imide groups is 1. The number of carbonyl (C=O) groups excluding carboxylic acids is 3. The van der Waals surface area contributed by atoms with Gasteiger partial charge >= 0.3 is 0 Å². The van der Waals surface area contributed by atoms with E-state index in [2.05, 4.69) is 5.32 Å². The SMILES string of the molecule is O=C1CCC(c2cccc(-c3ccc(C(=O)N4CCC(F)(F)C4)cc3)c2Cl)C(=O)N1. The van der Waals surface area contributed by atoms with Crippen LogP contribution >= 0.6 is 11.6 Å². The minimum atomic E-state index is -2.83.